The molecule has 0 bridgehead atoms. The predicted molar refractivity (Wildman–Crippen MR) is 112 cm³/mol. The summed E-state index contributed by atoms with van der Waals surface area (Å²) in [6, 6.07) is 0. The Kier molecular flexibility index (Phi) is 7.45. The second-order valence-corrected chi connectivity index (χ2v) is 10.9. The minimum atomic E-state index is 0.121. The summed E-state index contributed by atoms with van der Waals surface area (Å²) in [5.74, 6) is 1.81. The van der Waals surface area contributed by atoms with Crippen molar-refractivity contribution in [3.8, 4) is 0 Å². The van der Waals surface area contributed by atoms with Gasteiger partial charge in [0, 0.05) is 5.54 Å². The lowest BCUT2D eigenvalue weighted by Gasteiger charge is -2.44. The van der Waals surface area contributed by atoms with E-state index in [1.807, 2.05) is 0 Å². The highest BCUT2D eigenvalue weighted by Crippen LogP contribution is 2.54. The molecule has 2 aliphatic carbocycles. The Balaban J connectivity index is 1.91. The molecular weight excluding hydrogens is 302 g/mol. The van der Waals surface area contributed by atoms with Crippen LogP contribution in [0.1, 0.15) is 125 Å². The van der Waals surface area contributed by atoms with Gasteiger partial charge in [-0.2, -0.15) is 0 Å². The molecule has 0 heterocycles. The van der Waals surface area contributed by atoms with Gasteiger partial charge in [0.15, 0.2) is 0 Å². The van der Waals surface area contributed by atoms with Crippen molar-refractivity contribution in [1.29, 1.82) is 0 Å². The number of fused-ring (bicyclic) bond motifs is 1. The fourth-order valence-electron chi connectivity index (χ4n) is 6.38. The molecule has 2 saturated carbocycles. The maximum Gasteiger partial charge on any atom is 0.0157 e. The van der Waals surface area contributed by atoms with E-state index in [1.165, 1.54) is 89.9 Å². The van der Waals surface area contributed by atoms with E-state index < -0.39 is 0 Å². The molecule has 0 spiro atoms. The number of unbranched alkanes of at least 4 members (excludes halogenated alkanes) is 1. The van der Waals surface area contributed by atoms with Crippen molar-refractivity contribution in [2.24, 2.45) is 28.4 Å². The van der Waals surface area contributed by atoms with Crippen molar-refractivity contribution >= 4 is 0 Å². The van der Waals surface area contributed by atoms with E-state index in [1.54, 1.807) is 0 Å². The molecule has 0 aromatic rings. The summed E-state index contributed by atoms with van der Waals surface area (Å²) >= 11 is 0. The van der Waals surface area contributed by atoms with Crippen molar-refractivity contribution in [3.63, 3.8) is 0 Å². The van der Waals surface area contributed by atoms with Gasteiger partial charge in [0.1, 0.15) is 0 Å². The highest BCUT2D eigenvalue weighted by Gasteiger charge is 2.46. The second kappa shape index (κ2) is 8.77. The summed E-state index contributed by atoms with van der Waals surface area (Å²) in [4.78, 5) is 0. The van der Waals surface area contributed by atoms with Gasteiger partial charge in [-0.05, 0) is 74.0 Å². The topological polar surface area (TPSA) is 26.0 Å². The van der Waals surface area contributed by atoms with Crippen LogP contribution in [0.3, 0.4) is 0 Å². The van der Waals surface area contributed by atoms with Gasteiger partial charge in [-0.1, -0.05) is 73.1 Å². The van der Waals surface area contributed by atoms with Crippen LogP contribution in [0, 0.1) is 22.7 Å². The van der Waals surface area contributed by atoms with Gasteiger partial charge in [0.25, 0.3) is 0 Å². The van der Waals surface area contributed by atoms with Crippen LogP contribution in [0.25, 0.3) is 0 Å². The molecule has 0 aromatic heterocycles. The summed E-state index contributed by atoms with van der Waals surface area (Å²) < 4.78 is 0. The minimum absolute atomic E-state index is 0.121. The van der Waals surface area contributed by atoms with Crippen LogP contribution in [-0.4, -0.2) is 5.54 Å². The van der Waals surface area contributed by atoms with E-state index >= 15 is 0 Å². The zero-order valence-corrected chi connectivity index (χ0v) is 18.1. The van der Waals surface area contributed by atoms with Crippen LogP contribution in [0.5, 0.6) is 0 Å². The largest absolute Gasteiger partial charge is 0.325 e. The molecule has 2 aliphatic rings. The lowest BCUT2D eigenvalue weighted by molar-refractivity contribution is 0.0631. The van der Waals surface area contributed by atoms with Crippen molar-refractivity contribution in [3.05, 3.63) is 0 Å². The molecule has 25 heavy (non-hydrogen) atoms. The molecule has 0 aliphatic heterocycles. The highest BCUT2D eigenvalue weighted by molar-refractivity contribution is 4.99. The average molecular weight is 350 g/mol. The van der Waals surface area contributed by atoms with Crippen LogP contribution >= 0.6 is 0 Å². The molecule has 1 nitrogen and oxygen atoms in total. The van der Waals surface area contributed by atoms with Crippen molar-refractivity contribution in [1.82, 2.24) is 0 Å². The lowest BCUT2D eigenvalue weighted by atomic mass is 9.61. The van der Waals surface area contributed by atoms with Gasteiger partial charge in [-0.15, -0.1) is 0 Å². The van der Waals surface area contributed by atoms with Gasteiger partial charge in [-0.3, -0.25) is 0 Å². The molecule has 2 fully saturated rings. The van der Waals surface area contributed by atoms with E-state index in [4.69, 9.17) is 5.73 Å². The van der Waals surface area contributed by atoms with Gasteiger partial charge < -0.3 is 5.73 Å². The van der Waals surface area contributed by atoms with E-state index in [2.05, 4.69) is 34.6 Å². The Morgan fingerprint density at radius 2 is 1.76 bits per heavy atom. The normalized spacial score (nSPS) is 36.7. The molecule has 2 rings (SSSR count). The molecule has 0 saturated heterocycles. The number of hydrogen-bond acceptors (Lipinski definition) is 1. The van der Waals surface area contributed by atoms with E-state index in [9.17, 15) is 0 Å². The van der Waals surface area contributed by atoms with Gasteiger partial charge >= 0.3 is 0 Å². The Bertz CT molecular complexity index is 401. The smallest absolute Gasteiger partial charge is 0.0157 e. The zero-order valence-electron chi connectivity index (χ0n) is 18.1. The highest BCUT2D eigenvalue weighted by atomic mass is 14.8. The summed E-state index contributed by atoms with van der Waals surface area (Å²) in [6.45, 7) is 12.2. The quantitative estimate of drug-likeness (QED) is 0.452. The first-order valence-electron chi connectivity index (χ1n) is 11.5. The molecule has 0 aromatic carbocycles. The molecular formula is C24H47N. The third-order valence-electron chi connectivity index (χ3n) is 8.07. The number of rotatable bonds is 8. The Hall–Kier alpha value is -0.0400. The van der Waals surface area contributed by atoms with Gasteiger partial charge in [-0.25, -0.2) is 0 Å². The van der Waals surface area contributed by atoms with Crippen LogP contribution in [0.15, 0.2) is 0 Å². The molecule has 4 atom stereocenters. The van der Waals surface area contributed by atoms with Crippen LogP contribution in [0.4, 0.5) is 0 Å². The Morgan fingerprint density at radius 1 is 1.00 bits per heavy atom. The molecule has 3 unspecified atom stereocenters. The lowest BCUT2D eigenvalue weighted by Crippen LogP contribution is -2.41. The first-order valence-corrected chi connectivity index (χ1v) is 11.5. The number of nitrogens with two attached hydrogens (primary N) is 1. The molecule has 0 amide bonds. The Labute approximate surface area is 158 Å². The molecule has 1 heteroatoms. The molecule has 148 valence electrons. The summed E-state index contributed by atoms with van der Waals surface area (Å²) in [7, 11) is 0. The van der Waals surface area contributed by atoms with Crippen LogP contribution in [-0.2, 0) is 0 Å². The van der Waals surface area contributed by atoms with E-state index in [0.717, 1.165) is 11.8 Å². The fraction of sp³-hybridized carbons (Fsp3) is 1.00. The third kappa shape index (κ3) is 5.72. The van der Waals surface area contributed by atoms with Crippen molar-refractivity contribution in [2.75, 3.05) is 0 Å². The number of hydrogen-bond donors (Lipinski definition) is 1. The second-order valence-electron chi connectivity index (χ2n) is 10.9. The minimum Gasteiger partial charge on any atom is -0.325 e. The summed E-state index contributed by atoms with van der Waals surface area (Å²) in [6.07, 6.45) is 19.1. The first-order chi connectivity index (χ1) is 11.7. The fourth-order valence-corrected chi connectivity index (χ4v) is 6.38. The zero-order chi connectivity index (χ0) is 18.6. The summed E-state index contributed by atoms with van der Waals surface area (Å²) in [5.41, 5.74) is 8.28. The molecule has 2 N–H and O–H groups in total. The average Bonchev–Trinajstić information content (AvgIpc) is 2.67. The van der Waals surface area contributed by atoms with Gasteiger partial charge in [0.05, 0.1) is 0 Å². The maximum atomic E-state index is 7.05. The SMILES string of the molecule is CCCC(C)(C)CCCCC1(N)CCC2(C)CCCCC2[C@@H](CC)C1. The molecule has 0 radical (unpaired) electrons. The van der Waals surface area contributed by atoms with Crippen molar-refractivity contribution in [2.45, 2.75) is 130 Å². The monoisotopic (exact) mass is 349 g/mol. The summed E-state index contributed by atoms with van der Waals surface area (Å²) in [5, 5.41) is 0. The van der Waals surface area contributed by atoms with Crippen LogP contribution < -0.4 is 5.73 Å². The van der Waals surface area contributed by atoms with E-state index in [0.29, 0.717) is 10.8 Å². The third-order valence-corrected chi connectivity index (χ3v) is 8.07. The standard InChI is InChI=1S/C24H47N/c1-6-13-22(3,4)14-10-11-16-24(25)18-17-23(5)15-9-8-12-21(23)20(7-2)19-24/h20-21H,6-19,25H2,1-5H3/t20-,21?,23?,24?/m0/s1. The predicted octanol–water partition coefficient (Wildman–Crippen LogP) is 7.48. The Morgan fingerprint density at radius 3 is 2.44 bits per heavy atom. The van der Waals surface area contributed by atoms with Crippen LogP contribution in [0.2, 0.25) is 0 Å². The van der Waals surface area contributed by atoms with E-state index in [-0.39, 0.29) is 5.54 Å². The van der Waals surface area contributed by atoms with Gasteiger partial charge in [0.2, 0.25) is 0 Å². The van der Waals surface area contributed by atoms with Crippen molar-refractivity contribution < 1.29 is 0 Å². The first kappa shape index (κ1) is 21.3. The maximum absolute atomic E-state index is 7.05.